The standard InChI is InChI=1S/C17H22O4S/c1-22(18,19)21-13-7-3-2-6-12-20-17-11-10-15-8-4-5-9-16(15)14-17/h4-5,8-11,14H,2-3,6-7,12-13H2,1H3. The molecule has 22 heavy (non-hydrogen) atoms. The van der Waals surface area contributed by atoms with Gasteiger partial charge in [-0.15, -0.1) is 0 Å². The van der Waals surface area contributed by atoms with Crippen LogP contribution in [0.5, 0.6) is 5.75 Å². The summed E-state index contributed by atoms with van der Waals surface area (Å²) in [4.78, 5) is 0. The summed E-state index contributed by atoms with van der Waals surface area (Å²) in [6, 6.07) is 14.3. The van der Waals surface area contributed by atoms with Crippen molar-refractivity contribution >= 4 is 20.9 Å². The fourth-order valence-electron chi connectivity index (χ4n) is 2.22. The molecule has 0 aliphatic heterocycles. The first-order valence-electron chi connectivity index (χ1n) is 7.51. The van der Waals surface area contributed by atoms with Crippen molar-refractivity contribution in [2.24, 2.45) is 0 Å². The van der Waals surface area contributed by atoms with Crippen LogP contribution < -0.4 is 4.74 Å². The highest BCUT2D eigenvalue weighted by Gasteiger charge is 2.01. The van der Waals surface area contributed by atoms with Crippen molar-refractivity contribution in [2.75, 3.05) is 19.5 Å². The van der Waals surface area contributed by atoms with E-state index >= 15 is 0 Å². The van der Waals surface area contributed by atoms with Crippen LogP contribution in [-0.4, -0.2) is 27.9 Å². The molecule has 0 saturated carbocycles. The zero-order valence-electron chi connectivity index (χ0n) is 12.8. The molecule has 0 fully saturated rings. The van der Waals surface area contributed by atoms with Crippen molar-refractivity contribution in [1.29, 1.82) is 0 Å². The minimum absolute atomic E-state index is 0.268. The van der Waals surface area contributed by atoms with Crippen molar-refractivity contribution in [3.63, 3.8) is 0 Å². The molecule has 0 aromatic heterocycles. The van der Waals surface area contributed by atoms with E-state index in [-0.39, 0.29) is 6.61 Å². The second-order valence-corrected chi connectivity index (χ2v) is 6.94. The third-order valence-electron chi connectivity index (χ3n) is 3.33. The topological polar surface area (TPSA) is 52.6 Å². The second kappa shape index (κ2) is 8.15. The molecule has 0 N–H and O–H groups in total. The van der Waals surface area contributed by atoms with Crippen LogP contribution in [0, 0.1) is 0 Å². The number of hydrogen-bond donors (Lipinski definition) is 0. The molecule has 5 heteroatoms. The summed E-state index contributed by atoms with van der Waals surface area (Å²) in [5, 5.41) is 2.39. The average molecular weight is 322 g/mol. The molecule has 0 heterocycles. The third-order valence-corrected chi connectivity index (χ3v) is 3.92. The molecule has 0 spiro atoms. The molecule has 0 radical (unpaired) electrons. The Hall–Kier alpha value is -1.59. The van der Waals surface area contributed by atoms with Gasteiger partial charge in [0.2, 0.25) is 0 Å². The lowest BCUT2D eigenvalue weighted by Gasteiger charge is -2.07. The minimum Gasteiger partial charge on any atom is -0.494 e. The SMILES string of the molecule is CS(=O)(=O)OCCCCCCOc1ccc2ccccc2c1. The summed E-state index contributed by atoms with van der Waals surface area (Å²) in [5.41, 5.74) is 0. The van der Waals surface area contributed by atoms with Gasteiger partial charge in [0, 0.05) is 0 Å². The Balaban J connectivity index is 1.62. The molecule has 4 nitrogen and oxygen atoms in total. The van der Waals surface area contributed by atoms with Gasteiger partial charge in [0.25, 0.3) is 10.1 Å². The highest BCUT2D eigenvalue weighted by molar-refractivity contribution is 7.85. The van der Waals surface area contributed by atoms with Gasteiger partial charge in [-0.05, 0) is 42.2 Å². The van der Waals surface area contributed by atoms with Crippen molar-refractivity contribution in [3.05, 3.63) is 42.5 Å². The molecule has 0 saturated heterocycles. The van der Waals surface area contributed by atoms with Crippen LogP contribution in [0.3, 0.4) is 0 Å². The van der Waals surface area contributed by atoms with Crippen LogP contribution in [0.15, 0.2) is 42.5 Å². The number of hydrogen-bond acceptors (Lipinski definition) is 4. The zero-order valence-corrected chi connectivity index (χ0v) is 13.6. The van der Waals surface area contributed by atoms with Gasteiger partial charge in [-0.25, -0.2) is 0 Å². The van der Waals surface area contributed by atoms with E-state index in [0.717, 1.165) is 37.7 Å². The van der Waals surface area contributed by atoms with E-state index in [1.807, 2.05) is 18.2 Å². The van der Waals surface area contributed by atoms with Gasteiger partial charge >= 0.3 is 0 Å². The lowest BCUT2D eigenvalue weighted by Crippen LogP contribution is -2.04. The Kier molecular flexibility index (Phi) is 6.21. The van der Waals surface area contributed by atoms with E-state index in [1.165, 1.54) is 10.8 Å². The number of fused-ring (bicyclic) bond motifs is 1. The molecule has 0 unspecified atom stereocenters. The average Bonchev–Trinajstić information content (AvgIpc) is 2.48. The monoisotopic (exact) mass is 322 g/mol. The van der Waals surface area contributed by atoms with Gasteiger partial charge in [0.15, 0.2) is 0 Å². The fraction of sp³-hybridized carbons (Fsp3) is 0.412. The van der Waals surface area contributed by atoms with Gasteiger partial charge in [-0.2, -0.15) is 8.42 Å². The Morgan fingerprint density at radius 2 is 1.55 bits per heavy atom. The number of unbranched alkanes of at least 4 members (excludes halogenated alkanes) is 3. The molecular formula is C17H22O4S. The normalized spacial score (nSPS) is 11.7. The van der Waals surface area contributed by atoms with Crippen LogP contribution in [0.4, 0.5) is 0 Å². The molecule has 0 aliphatic carbocycles. The Morgan fingerprint density at radius 3 is 2.27 bits per heavy atom. The smallest absolute Gasteiger partial charge is 0.264 e. The quantitative estimate of drug-likeness (QED) is 0.521. The van der Waals surface area contributed by atoms with Crippen LogP contribution in [0.25, 0.3) is 10.8 Å². The van der Waals surface area contributed by atoms with E-state index in [2.05, 4.69) is 28.4 Å². The van der Waals surface area contributed by atoms with Gasteiger partial charge in [-0.3, -0.25) is 4.18 Å². The van der Waals surface area contributed by atoms with Crippen LogP contribution >= 0.6 is 0 Å². The van der Waals surface area contributed by atoms with Crippen molar-refractivity contribution in [1.82, 2.24) is 0 Å². The molecular weight excluding hydrogens is 300 g/mol. The predicted octanol–water partition coefficient (Wildman–Crippen LogP) is 3.76. The summed E-state index contributed by atoms with van der Waals surface area (Å²) < 4.78 is 32.0. The first kappa shape index (κ1) is 16.8. The minimum atomic E-state index is -3.30. The van der Waals surface area contributed by atoms with E-state index in [1.54, 1.807) is 0 Å². The van der Waals surface area contributed by atoms with Crippen molar-refractivity contribution in [3.8, 4) is 5.75 Å². The summed E-state index contributed by atoms with van der Waals surface area (Å²) in [6.45, 7) is 0.940. The number of rotatable bonds is 9. The maximum absolute atomic E-state index is 10.8. The maximum atomic E-state index is 10.8. The summed E-state index contributed by atoms with van der Waals surface area (Å²) >= 11 is 0. The van der Waals surface area contributed by atoms with E-state index in [4.69, 9.17) is 4.74 Å². The maximum Gasteiger partial charge on any atom is 0.264 e. The van der Waals surface area contributed by atoms with Crippen LogP contribution in [0.2, 0.25) is 0 Å². The third kappa shape index (κ3) is 6.03. The van der Waals surface area contributed by atoms with Gasteiger partial charge < -0.3 is 4.74 Å². The Morgan fingerprint density at radius 1 is 0.864 bits per heavy atom. The van der Waals surface area contributed by atoms with Crippen LogP contribution in [0.1, 0.15) is 25.7 Å². The molecule has 0 bridgehead atoms. The largest absolute Gasteiger partial charge is 0.494 e. The van der Waals surface area contributed by atoms with E-state index in [9.17, 15) is 8.42 Å². The summed E-state index contributed by atoms with van der Waals surface area (Å²) in [6.07, 6.45) is 4.72. The van der Waals surface area contributed by atoms with Gasteiger partial charge in [0.05, 0.1) is 19.5 Å². The lowest BCUT2D eigenvalue weighted by atomic mass is 10.1. The molecule has 0 amide bonds. The molecule has 120 valence electrons. The number of benzene rings is 2. The second-order valence-electron chi connectivity index (χ2n) is 5.30. The fourth-order valence-corrected chi connectivity index (χ4v) is 2.64. The molecule has 0 aliphatic rings. The lowest BCUT2D eigenvalue weighted by molar-refractivity contribution is 0.290. The number of ether oxygens (including phenoxy) is 1. The van der Waals surface area contributed by atoms with E-state index < -0.39 is 10.1 Å². The predicted molar refractivity (Wildman–Crippen MR) is 88.7 cm³/mol. The van der Waals surface area contributed by atoms with Crippen LogP contribution in [-0.2, 0) is 14.3 Å². The van der Waals surface area contributed by atoms with Crippen molar-refractivity contribution < 1.29 is 17.3 Å². The molecule has 2 aromatic rings. The highest BCUT2D eigenvalue weighted by atomic mass is 32.2. The van der Waals surface area contributed by atoms with Gasteiger partial charge in [-0.1, -0.05) is 36.8 Å². The molecule has 2 rings (SSSR count). The summed E-state index contributed by atoms with van der Waals surface area (Å²) in [7, 11) is -3.30. The van der Waals surface area contributed by atoms with Gasteiger partial charge in [0.1, 0.15) is 5.75 Å². The Bertz CT molecular complexity index is 695. The van der Waals surface area contributed by atoms with Crippen molar-refractivity contribution in [2.45, 2.75) is 25.7 Å². The Labute approximate surface area is 132 Å². The first-order valence-corrected chi connectivity index (χ1v) is 9.32. The zero-order chi connectivity index (χ0) is 15.8. The highest BCUT2D eigenvalue weighted by Crippen LogP contribution is 2.20. The molecule has 2 aromatic carbocycles. The summed E-state index contributed by atoms with van der Waals surface area (Å²) in [5.74, 6) is 0.888. The molecule has 0 atom stereocenters. The first-order chi connectivity index (χ1) is 10.5. The van der Waals surface area contributed by atoms with E-state index in [0.29, 0.717) is 6.61 Å².